The summed E-state index contributed by atoms with van der Waals surface area (Å²) in [6.45, 7) is 4.11. The highest BCUT2D eigenvalue weighted by atomic mass is 16.7. The summed E-state index contributed by atoms with van der Waals surface area (Å²) >= 11 is 0. The Labute approximate surface area is 123 Å². The summed E-state index contributed by atoms with van der Waals surface area (Å²) in [5.74, 6) is 0.305. The average Bonchev–Trinajstić information content (AvgIpc) is 3.23. The first-order valence-electron chi connectivity index (χ1n) is 7.23. The maximum atomic E-state index is 12.5. The van der Waals surface area contributed by atoms with E-state index in [0.717, 1.165) is 29.6 Å². The molecule has 0 aliphatic heterocycles. The van der Waals surface area contributed by atoms with Crippen LogP contribution in [0.25, 0.3) is 11.0 Å². The monoisotopic (exact) mass is 288 g/mol. The molecule has 0 atom stereocenters. The van der Waals surface area contributed by atoms with Crippen LogP contribution in [0, 0.1) is 0 Å². The van der Waals surface area contributed by atoms with Gasteiger partial charge in [-0.3, -0.25) is 9.63 Å². The van der Waals surface area contributed by atoms with Crippen molar-refractivity contribution in [1.29, 1.82) is 0 Å². The number of amides is 1. The molecule has 0 spiro atoms. The molecule has 0 bridgehead atoms. The van der Waals surface area contributed by atoms with Gasteiger partial charge in [-0.15, -0.1) is 0 Å². The number of aromatic nitrogens is 3. The van der Waals surface area contributed by atoms with E-state index in [4.69, 9.17) is 9.82 Å². The number of carbonyl (C=O) groups is 1. The zero-order valence-corrected chi connectivity index (χ0v) is 12.8. The van der Waals surface area contributed by atoms with Crippen molar-refractivity contribution in [3.05, 3.63) is 23.5 Å². The molecule has 0 saturated heterocycles. The van der Waals surface area contributed by atoms with Gasteiger partial charge in [0.2, 0.25) is 0 Å². The Balaban J connectivity index is 2.19. The minimum absolute atomic E-state index is 0.171. The minimum atomic E-state index is -0.171. The first kappa shape index (κ1) is 14.0. The quantitative estimate of drug-likeness (QED) is 0.811. The van der Waals surface area contributed by atoms with Crippen molar-refractivity contribution in [3.63, 3.8) is 0 Å². The van der Waals surface area contributed by atoms with E-state index < -0.39 is 0 Å². The Morgan fingerprint density at radius 3 is 2.76 bits per heavy atom. The fourth-order valence-electron chi connectivity index (χ4n) is 2.43. The van der Waals surface area contributed by atoms with E-state index >= 15 is 0 Å². The van der Waals surface area contributed by atoms with Crippen LogP contribution < -0.4 is 0 Å². The Morgan fingerprint density at radius 2 is 2.19 bits per heavy atom. The molecular weight excluding hydrogens is 268 g/mol. The van der Waals surface area contributed by atoms with Gasteiger partial charge in [0.1, 0.15) is 0 Å². The molecule has 112 valence electrons. The van der Waals surface area contributed by atoms with Crippen LogP contribution in [0.5, 0.6) is 0 Å². The normalized spacial score (nSPS) is 14.9. The van der Waals surface area contributed by atoms with Gasteiger partial charge in [0.05, 0.1) is 24.3 Å². The molecule has 2 aromatic heterocycles. The second kappa shape index (κ2) is 5.11. The summed E-state index contributed by atoms with van der Waals surface area (Å²) in [7, 11) is 3.09. The van der Waals surface area contributed by atoms with E-state index in [1.807, 2.05) is 10.7 Å². The second-order valence-corrected chi connectivity index (χ2v) is 5.77. The van der Waals surface area contributed by atoms with E-state index in [9.17, 15) is 4.79 Å². The Bertz CT molecular complexity index is 688. The molecule has 1 amide bonds. The number of pyridine rings is 1. The fourth-order valence-corrected chi connectivity index (χ4v) is 2.43. The lowest BCUT2D eigenvalue weighted by Gasteiger charge is -2.15. The van der Waals surface area contributed by atoms with Gasteiger partial charge in [-0.05, 0) is 32.8 Å². The van der Waals surface area contributed by atoms with Gasteiger partial charge >= 0.3 is 0 Å². The molecule has 1 aliphatic rings. The number of hydrogen-bond donors (Lipinski definition) is 0. The van der Waals surface area contributed by atoms with Crippen molar-refractivity contribution in [2.45, 2.75) is 38.6 Å². The maximum absolute atomic E-state index is 12.5. The van der Waals surface area contributed by atoms with Crippen LogP contribution in [0.4, 0.5) is 0 Å². The van der Waals surface area contributed by atoms with Crippen molar-refractivity contribution in [2.75, 3.05) is 14.2 Å². The molecule has 3 rings (SSSR count). The topological polar surface area (TPSA) is 60.2 Å². The zero-order valence-electron chi connectivity index (χ0n) is 12.8. The average molecular weight is 288 g/mol. The van der Waals surface area contributed by atoms with Gasteiger partial charge in [0.25, 0.3) is 5.91 Å². The van der Waals surface area contributed by atoms with E-state index in [1.54, 1.807) is 13.2 Å². The van der Waals surface area contributed by atoms with E-state index in [2.05, 4.69) is 18.9 Å². The summed E-state index contributed by atoms with van der Waals surface area (Å²) < 4.78 is 1.87. The van der Waals surface area contributed by atoms with Gasteiger partial charge in [-0.25, -0.2) is 14.7 Å². The lowest BCUT2D eigenvalue weighted by molar-refractivity contribution is -0.0755. The Kier molecular flexibility index (Phi) is 3.41. The fraction of sp³-hybridized carbons (Fsp3) is 0.533. The molecular formula is C15H20N4O2. The smallest absolute Gasteiger partial charge is 0.274 e. The number of nitrogens with zero attached hydrogens (tertiary/aromatic N) is 4. The van der Waals surface area contributed by atoms with Gasteiger partial charge in [-0.2, -0.15) is 5.10 Å². The highest BCUT2D eigenvalue weighted by Gasteiger charge is 2.28. The van der Waals surface area contributed by atoms with Gasteiger partial charge in [0.15, 0.2) is 5.65 Å². The Hall–Kier alpha value is -1.95. The number of hydroxylamine groups is 2. The van der Waals surface area contributed by atoms with Crippen molar-refractivity contribution in [3.8, 4) is 0 Å². The summed E-state index contributed by atoms with van der Waals surface area (Å²) in [6.07, 6.45) is 4.00. The van der Waals surface area contributed by atoms with Crippen LogP contribution in [0.15, 0.2) is 12.3 Å². The van der Waals surface area contributed by atoms with Crippen LogP contribution in [-0.4, -0.2) is 39.9 Å². The third-order valence-corrected chi connectivity index (χ3v) is 3.86. The van der Waals surface area contributed by atoms with Crippen molar-refractivity contribution >= 4 is 16.9 Å². The third kappa shape index (κ3) is 2.40. The Morgan fingerprint density at radius 1 is 1.48 bits per heavy atom. The van der Waals surface area contributed by atoms with Crippen LogP contribution in [-0.2, 0) is 4.84 Å². The number of carbonyl (C=O) groups excluding carboxylic acids is 1. The van der Waals surface area contributed by atoms with Crippen LogP contribution in [0.1, 0.15) is 54.7 Å². The lowest BCUT2D eigenvalue weighted by Crippen LogP contribution is -2.25. The van der Waals surface area contributed by atoms with Gasteiger partial charge in [-0.1, -0.05) is 0 Å². The molecule has 2 heterocycles. The number of rotatable bonds is 4. The summed E-state index contributed by atoms with van der Waals surface area (Å²) in [5, 5.41) is 6.40. The minimum Gasteiger partial charge on any atom is -0.274 e. The molecule has 6 nitrogen and oxygen atoms in total. The van der Waals surface area contributed by atoms with Crippen LogP contribution >= 0.6 is 0 Å². The van der Waals surface area contributed by atoms with Crippen molar-refractivity contribution < 1.29 is 9.63 Å². The highest BCUT2D eigenvalue weighted by Crippen LogP contribution is 2.40. The second-order valence-electron chi connectivity index (χ2n) is 5.77. The number of hydrogen-bond acceptors (Lipinski definition) is 4. The molecule has 1 saturated carbocycles. The summed E-state index contributed by atoms with van der Waals surface area (Å²) in [5.41, 5.74) is 2.37. The number of fused-ring (bicyclic) bond motifs is 1. The predicted octanol–water partition coefficient (Wildman–Crippen LogP) is 2.52. The van der Waals surface area contributed by atoms with Gasteiger partial charge in [0, 0.05) is 24.7 Å². The largest absolute Gasteiger partial charge is 0.278 e. The molecule has 6 heteroatoms. The van der Waals surface area contributed by atoms with Crippen LogP contribution in [0.3, 0.4) is 0 Å². The lowest BCUT2D eigenvalue weighted by atomic mass is 10.1. The predicted molar refractivity (Wildman–Crippen MR) is 79.0 cm³/mol. The molecule has 1 fully saturated rings. The zero-order chi connectivity index (χ0) is 15.1. The van der Waals surface area contributed by atoms with E-state index in [-0.39, 0.29) is 11.9 Å². The molecule has 21 heavy (non-hydrogen) atoms. The molecule has 1 aliphatic carbocycles. The summed E-state index contributed by atoms with van der Waals surface area (Å²) in [6, 6.07) is 2.09. The van der Waals surface area contributed by atoms with Crippen LogP contribution in [0.2, 0.25) is 0 Å². The SMILES string of the molecule is CON(C)C(=O)c1cc(C2CC2)nc2c1cnn2C(C)C. The molecule has 0 aromatic carbocycles. The molecule has 2 aromatic rings. The molecule has 0 N–H and O–H groups in total. The first-order chi connectivity index (χ1) is 10.0. The van der Waals surface area contributed by atoms with E-state index in [1.165, 1.54) is 12.2 Å². The third-order valence-electron chi connectivity index (χ3n) is 3.86. The highest BCUT2D eigenvalue weighted by molar-refractivity contribution is 6.05. The van der Waals surface area contributed by atoms with Gasteiger partial charge < -0.3 is 0 Å². The maximum Gasteiger partial charge on any atom is 0.278 e. The van der Waals surface area contributed by atoms with Crippen molar-refractivity contribution in [2.24, 2.45) is 0 Å². The van der Waals surface area contributed by atoms with Crippen molar-refractivity contribution in [1.82, 2.24) is 19.8 Å². The molecule has 0 unspecified atom stereocenters. The first-order valence-corrected chi connectivity index (χ1v) is 7.23. The van der Waals surface area contributed by atoms with E-state index in [0.29, 0.717) is 11.5 Å². The summed E-state index contributed by atoms with van der Waals surface area (Å²) in [4.78, 5) is 22.3. The standard InChI is InChI=1S/C15H20N4O2/c1-9(2)19-14-12(8-16-19)11(15(20)18(3)21-4)7-13(17-14)10-5-6-10/h7-10H,5-6H2,1-4H3. The molecule has 0 radical (unpaired) electrons.